The predicted octanol–water partition coefficient (Wildman–Crippen LogP) is 2.61. The molecule has 0 bridgehead atoms. The molecule has 0 aliphatic carbocycles. The summed E-state index contributed by atoms with van der Waals surface area (Å²) in [5.41, 5.74) is 4.53. The highest BCUT2D eigenvalue weighted by Crippen LogP contribution is 2.20. The third-order valence-electron chi connectivity index (χ3n) is 4.14. The van der Waals surface area contributed by atoms with Gasteiger partial charge in [0.2, 0.25) is 0 Å². The lowest BCUT2D eigenvalue weighted by Crippen LogP contribution is -2.40. The summed E-state index contributed by atoms with van der Waals surface area (Å²) in [6.07, 6.45) is 1.36. The lowest BCUT2D eigenvalue weighted by atomic mass is 9.92. The SMILES string of the molecule is CC1CC(C)CN(CCOc2ccc(CNN(C)C)cc2)C1. The van der Waals surface area contributed by atoms with Crippen LogP contribution < -0.4 is 10.2 Å². The zero-order valence-electron chi connectivity index (χ0n) is 14.5. The van der Waals surface area contributed by atoms with Gasteiger partial charge in [-0.25, -0.2) is 0 Å². The van der Waals surface area contributed by atoms with Gasteiger partial charge >= 0.3 is 0 Å². The first kappa shape index (κ1) is 17.3. The summed E-state index contributed by atoms with van der Waals surface area (Å²) < 4.78 is 5.89. The summed E-state index contributed by atoms with van der Waals surface area (Å²) in [6, 6.07) is 8.37. The molecule has 1 aliphatic rings. The molecule has 2 unspecified atom stereocenters. The van der Waals surface area contributed by atoms with E-state index in [0.29, 0.717) is 0 Å². The van der Waals surface area contributed by atoms with Crippen LogP contribution in [0.3, 0.4) is 0 Å². The quantitative estimate of drug-likeness (QED) is 0.784. The van der Waals surface area contributed by atoms with Crippen LogP contribution in [0.15, 0.2) is 24.3 Å². The van der Waals surface area contributed by atoms with Crippen molar-refractivity contribution in [1.82, 2.24) is 15.3 Å². The van der Waals surface area contributed by atoms with Crippen molar-refractivity contribution in [1.29, 1.82) is 0 Å². The second kappa shape index (κ2) is 8.51. The topological polar surface area (TPSA) is 27.7 Å². The van der Waals surface area contributed by atoms with Gasteiger partial charge in [0.15, 0.2) is 0 Å². The first-order valence-electron chi connectivity index (χ1n) is 8.38. The molecule has 0 spiro atoms. The number of hydrogen-bond donors (Lipinski definition) is 1. The Labute approximate surface area is 135 Å². The molecule has 0 saturated carbocycles. The number of likely N-dealkylation sites (tertiary alicyclic amines) is 1. The molecule has 1 N–H and O–H groups in total. The number of rotatable bonds is 7. The van der Waals surface area contributed by atoms with Crippen LogP contribution in [-0.2, 0) is 6.54 Å². The van der Waals surface area contributed by atoms with Gasteiger partial charge in [0.1, 0.15) is 12.4 Å². The molecule has 22 heavy (non-hydrogen) atoms. The minimum absolute atomic E-state index is 0.773. The van der Waals surface area contributed by atoms with Crippen LogP contribution in [0.2, 0.25) is 0 Å². The van der Waals surface area contributed by atoms with E-state index in [1.54, 1.807) is 0 Å². The van der Waals surface area contributed by atoms with Crippen LogP contribution in [-0.4, -0.2) is 50.2 Å². The Morgan fingerprint density at radius 2 is 1.77 bits per heavy atom. The van der Waals surface area contributed by atoms with Gasteiger partial charge in [-0.15, -0.1) is 0 Å². The highest BCUT2D eigenvalue weighted by atomic mass is 16.5. The first-order chi connectivity index (χ1) is 10.5. The molecule has 1 aromatic carbocycles. The number of hydrogen-bond acceptors (Lipinski definition) is 4. The molecule has 1 saturated heterocycles. The van der Waals surface area contributed by atoms with Gasteiger partial charge < -0.3 is 4.74 Å². The van der Waals surface area contributed by atoms with Crippen LogP contribution in [0, 0.1) is 11.8 Å². The molecule has 2 rings (SSSR count). The zero-order chi connectivity index (χ0) is 15.9. The largest absolute Gasteiger partial charge is 0.492 e. The molecule has 0 radical (unpaired) electrons. The van der Waals surface area contributed by atoms with Crippen molar-refractivity contribution in [2.75, 3.05) is 40.3 Å². The van der Waals surface area contributed by atoms with E-state index in [-0.39, 0.29) is 0 Å². The van der Waals surface area contributed by atoms with Gasteiger partial charge in [-0.3, -0.25) is 15.3 Å². The van der Waals surface area contributed by atoms with Crippen molar-refractivity contribution in [3.05, 3.63) is 29.8 Å². The zero-order valence-corrected chi connectivity index (χ0v) is 14.5. The first-order valence-corrected chi connectivity index (χ1v) is 8.38. The average Bonchev–Trinajstić information content (AvgIpc) is 2.45. The molecule has 1 aromatic rings. The molecule has 0 amide bonds. The molecule has 1 fully saturated rings. The van der Waals surface area contributed by atoms with Gasteiger partial charge in [0.05, 0.1) is 0 Å². The number of ether oxygens (including phenoxy) is 1. The van der Waals surface area contributed by atoms with E-state index in [0.717, 1.165) is 37.3 Å². The fraction of sp³-hybridized carbons (Fsp3) is 0.667. The number of hydrazine groups is 1. The summed E-state index contributed by atoms with van der Waals surface area (Å²) in [4.78, 5) is 2.54. The second-order valence-corrected chi connectivity index (χ2v) is 6.93. The fourth-order valence-electron chi connectivity index (χ4n) is 3.22. The highest BCUT2D eigenvalue weighted by Gasteiger charge is 2.21. The van der Waals surface area contributed by atoms with E-state index in [2.05, 4.69) is 48.4 Å². The second-order valence-electron chi connectivity index (χ2n) is 6.93. The molecular formula is C18H31N3O. The van der Waals surface area contributed by atoms with Crippen LogP contribution >= 0.6 is 0 Å². The molecule has 1 heterocycles. The molecule has 124 valence electrons. The monoisotopic (exact) mass is 305 g/mol. The number of nitrogens with zero attached hydrogens (tertiary/aromatic N) is 2. The average molecular weight is 305 g/mol. The number of nitrogens with one attached hydrogen (secondary N) is 1. The molecule has 0 aromatic heterocycles. The van der Waals surface area contributed by atoms with Gasteiger partial charge in [0.25, 0.3) is 0 Å². The molecule has 4 nitrogen and oxygen atoms in total. The van der Waals surface area contributed by atoms with Crippen LogP contribution in [0.5, 0.6) is 5.75 Å². The normalized spacial score (nSPS) is 23.0. The highest BCUT2D eigenvalue weighted by molar-refractivity contribution is 5.27. The maximum Gasteiger partial charge on any atom is 0.119 e. The van der Waals surface area contributed by atoms with E-state index in [1.165, 1.54) is 25.1 Å². The van der Waals surface area contributed by atoms with Crippen molar-refractivity contribution < 1.29 is 4.74 Å². The van der Waals surface area contributed by atoms with E-state index in [9.17, 15) is 0 Å². The van der Waals surface area contributed by atoms with Crippen molar-refractivity contribution in [3.8, 4) is 5.75 Å². The predicted molar refractivity (Wildman–Crippen MR) is 91.8 cm³/mol. The van der Waals surface area contributed by atoms with Crippen molar-refractivity contribution in [3.63, 3.8) is 0 Å². The van der Waals surface area contributed by atoms with Gasteiger partial charge in [0, 0.05) is 40.3 Å². The smallest absolute Gasteiger partial charge is 0.119 e. The number of piperidine rings is 1. The van der Waals surface area contributed by atoms with Gasteiger partial charge in [-0.05, 0) is 36.0 Å². The summed E-state index contributed by atoms with van der Waals surface area (Å²) in [5, 5.41) is 1.96. The Kier molecular flexibility index (Phi) is 6.68. The van der Waals surface area contributed by atoms with E-state index < -0.39 is 0 Å². The Morgan fingerprint density at radius 1 is 1.14 bits per heavy atom. The summed E-state index contributed by atoms with van der Waals surface area (Å²) in [5.74, 6) is 2.59. The Bertz CT molecular complexity index is 422. The minimum atomic E-state index is 0.773. The Balaban J connectivity index is 1.70. The van der Waals surface area contributed by atoms with E-state index >= 15 is 0 Å². The number of benzene rings is 1. The molecule has 2 atom stereocenters. The lowest BCUT2D eigenvalue weighted by Gasteiger charge is -2.34. The molecule has 4 heteroatoms. The third-order valence-corrected chi connectivity index (χ3v) is 4.14. The summed E-state index contributed by atoms with van der Waals surface area (Å²) in [7, 11) is 4.00. The van der Waals surface area contributed by atoms with Gasteiger partial charge in [-0.2, -0.15) is 0 Å². The van der Waals surface area contributed by atoms with Crippen molar-refractivity contribution in [2.24, 2.45) is 11.8 Å². The van der Waals surface area contributed by atoms with Crippen LogP contribution in [0.25, 0.3) is 0 Å². The molecule has 1 aliphatic heterocycles. The Hall–Kier alpha value is -1.10. The van der Waals surface area contributed by atoms with Crippen molar-refractivity contribution in [2.45, 2.75) is 26.8 Å². The standard InChI is InChI=1S/C18H31N3O/c1-15-11-16(2)14-21(13-15)9-10-22-18-7-5-17(6-8-18)12-19-20(3)4/h5-8,15-16,19H,9-14H2,1-4H3. The molecular weight excluding hydrogens is 274 g/mol. The van der Waals surface area contributed by atoms with Crippen LogP contribution in [0.4, 0.5) is 0 Å². The summed E-state index contributed by atoms with van der Waals surface area (Å²) in [6.45, 7) is 9.77. The maximum absolute atomic E-state index is 5.89. The van der Waals surface area contributed by atoms with E-state index in [1.807, 2.05) is 19.1 Å². The maximum atomic E-state index is 5.89. The minimum Gasteiger partial charge on any atom is -0.492 e. The third kappa shape index (κ3) is 5.95. The van der Waals surface area contributed by atoms with Crippen LogP contribution in [0.1, 0.15) is 25.8 Å². The Morgan fingerprint density at radius 3 is 2.36 bits per heavy atom. The van der Waals surface area contributed by atoms with Gasteiger partial charge in [-0.1, -0.05) is 26.0 Å². The van der Waals surface area contributed by atoms with Crippen molar-refractivity contribution >= 4 is 0 Å². The lowest BCUT2D eigenvalue weighted by molar-refractivity contribution is 0.120. The fourth-order valence-corrected chi connectivity index (χ4v) is 3.22. The van der Waals surface area contributed by atoms with E-state index in [4.69, 9.17) is 4.74 Å². The summed E-state index contributed by atoms with van der Waals surface area (Å²) >= 11 is 0.